The highest BCUT2D eigenvalue weighted by molar-refractivity contribution is 6.35. The van der Waals surface area contributed by atoms with Crippen molar-refractivity contribution in [3.8, 4) is 6.07 Å². The zero-order valence-corrected chi connectivity index (χ0v) is 20.5. The average Bonchev–Trinajstić information content (AvgIpc) is 2.85. The summed E-state index contributed by atoms with van der Waals surface area (Å²) in [5, 5.41) is 16.7. The topological polar surface area (TPSA) is 161 Å². The lowest BCUT2D eigenvalue weighted by atomic mass is 10.2. The number of rotatable bonds is 9. The van der Waals surface area contributed by atoms with Gasteiger partial charge in [-0.1, -0.05) is 48.0 Å². The molecule has 4 rings (SSSR count). The van der Waals surface area contributed by atoms with Gasteiger partial charge in [0.1, 0.15) is 23.3 Å². The van der Waals surface area contributed by atoms with E-state index in [1.165, 1.54) is 5.56 Å². The van der Waals surface area contributed by atoms with Gasteiger partial charge in [0.15, 0.2) is 5.82 Å². The number of nitriles is 1. The Hall–Kier alpha value is -4.20. The van der Waals surface area contributed by atoms with E-state index in [2.05, 4.69) is 32.7 Å². The normalized spacial score (nSPS) is 11.8. The molecule has 0 amide bonds. The molecule has 1 unspecified atom stereocenters. The fourth-order valence-corrected chi connectivity index (χ4v) is 4.21. The second kappa shape index (κ2) is 11.0. The third-order valence-corrected chi connectivity index (χ3v) is 5.99. The van der Waals surface area contributed by atoms with Gasteiger partial charge in [0.2, 0.25) is 5.95 Å². The summed E-state index contributed by atoms with van der Waals surface area (Å²) < 4.78 is 1.61. The van der Waals surface area contributed by atoms with Crippen LogP contribution in [0.3, 0.4) is 0 Å². The molecule has 0 aliphatic rings. The Kier molecular flexibility index (Phi) is 7.63. The largest absolute Gasteiger partial charge is 0.382 e. The van der Waals surface area contributed by atoms with Crippen LogP contribution in [0.2, 0.25) is 5.02 Å². The smallest absolute Gasteiger partial charge is 0.262 e. The first-order chi connectivity index (χ1) is 17.4. The molecule has 0 bridgehead atoms. The van der Waals surface area contributed by atoms with Gasteiger partial charge in [-0.05, 0) is 37.6 Å². The van der Waals surface area contributed by atoms with E-state index in [1.54, 1.807) is 22.8 Å². The van der Waals surface area contributed by atoms with Gasteiger partial charge in [0.25, 0.3) is 5.56 Å². The van der Waals surface area contributed by atoms with Gasteiger partial charge in [-0.25, -0.2) is 4.98 Å². The lowest BCUT2D eigenvalue weighted by molar-refractivity contribution is 0.537. The number of halogens is 1. The van der Waals surface area contributed by atoms with Gasteiger partial charge >= 0.3 is 0 Å². The van der Waals surface area contributed by atoms with Crippen LogP contribution in [0.15, 0.2) is 53.3 Å². The molecule has 0 saturated carbocycles. The van der Waals surface area contributed by atoms with E-state index in [9.17, 15) is 10.1 Å². The lowest BCUT2D eigenvalue weighted by Crippen LogP contribution is -2.30. The highest BCUT2D eigenvalue weighted by atomic mass is 35.5. The number of nitrogens with one attached hydrogen (secondary N) is 2. The first-order valence-corrected chi connectivity index (χ1v) is 11.8. The maximum absolute atomic E-state index is 13.5. The van der Waals surface area contributed by atoms with Crippen molar-refractivity contribution in [3.63, 3.8) is 0 Å². The molecule has 0 radical (unpaired) electrons. The van der Waals surface area contributed by atoms with Crippen molar-refractivity contribution >= 4 is 40.1 Å². The molecule has 11 heteroatoms. The minimum Gasteiger partial charge on any atom is -0.382 e. The number of anilines is 3. The SMILES string of the molecule is CC(Nc1nc(N)nc(N)c1C#N)c1nc2cccc(Cl)c2c(=O)n1CCCNCc1ccccc1. The van der Waals surface area contributed by atoms with Gasteiger partial charge < -0.3 is 22.1 Å². The third-order valence-electron chi connectivity index (χ3n) is 5.68. The number of nitrogens with two attached hydrogens (primary N) is 2. The molecule has 6 N–H and O–H groups in total. The lowest BCUT2D eigenvalue weighted by Gasteiger charge is -2.21. The van der Waals surface area contributed by atoms with E-state index < -0.39 is 6.04 Å². The van der Waals surface area contributed by atoms with Crippen LogP contribution >= 0.6 is 11.6 Å². The second-order valence-corrected chi connectivity index (χ2v) is 8.65. The van der Waals surface area contributed by atoms with E-state index in [0.29, 0.717) is 41.3 Å². The van der Waals surface area contributed by atoms with Crippen molar-refractivity contribution < 1.29 is 0 Å². The summed E-state index contributed by atoms with van der Waals surface area (Å²) in [5.41, 5.74) is 13.1. The predicted octanol–water partition coefficient (Wildman–Crippen LogP) is 3.23. The van der Waals surface area contributed by atoms with Crippen molar-refractivity contribution in [2.24, 2.45) is 0 Å². The maximum atomic E-state index is 13.5. The monoisotopic (exact) mass is 503 g/mol. The molecule has 2 heterocycles. The number of hydrogen-bond donors (Lipinski definition) is 4. The van der Waals surface area contributed by atoms with Crippen LogP contribution in [0.25, 0.3) is 10.9 Å². The van der Waals surface area contributed by atoms with Gasteiger partial charge in [-0.3, -0.25) is 9.36 Å². The summed E-state index contributed by atoms with van der Waals surface area (Å²) >= 11 is 6.36. The Bertz CT molecular complexity index is 1480. The Morgan fingerprint density at radius 2 is 1.89 bits per heavy atom. The summed E-state index contributed by atoms with van der Waals surface area (Å²) in [7, 11) is 0. The van der Waals surface area contributed by atoms with Gasteiger partial charge in [0.05, 0.1) is 22.0 Å². The van der Waals surface area contributed by atoms with Crippen molar-refractivity contribution in [1.82, 2.24) is 24.8 Å². The molecule has 2 aromatic carbocycles. The molecule has 184 valence electrons. The maximum Gasteiger partial charge on any atom is 0.262 e. The van der Waals surface area contributed by atoms with Crippen LogP contribution < -0.4 is 27.7 Å². The molecule has 0 saturated heterocycles. The van der Waals surface area contributed by atoms with Crippen molar-refractivity contribution in [2.75, 3.05) is 23.3 Å². The highest BCUT2D eigenvalue weighted by Crippen LogP contribution is 2.25. The van der Waals surface area contributed by atoms with E-state index in [1.807, 2.05) is 31.2 Å². The zero-order chi connectivity index (χ0) is 25.7. The predicted molar refractivity (Wildman–Crippen MR) is 141 cm³/mol. The Morgan fingerprint density at radius 1 is 1.11 bits per heavy atom. The van der Waals surface area contributed by atoms with Crippen LogP contribution in [0.4, 0.5) is 17.6 Å². The number of nitrogen functional groups attached to an aromatic ring is 2. The molecule has 10 nitrogen and oxygen atoms in total. The summed E-state index contributed by atoms with van der Waals surface area (Å²) in [6.07, 6.45) is 0.681. The van der Waals surface area contributed by atoms with Crippen LogP contribution in [0.5, 0.6) is 0 Å². The van der Waals surface area contributed by atoms with Gasteiger partial charge in [-0.2, -0.15) is 15.2 Å². The average molecular weight is 504 g/mol. The summed E-state index contributed by atoms with van der Waals surface area (Å²) in [6, 6.07) is 16.7. The van der Waals surface area contributed by atoms with Crippen molar-refractivity contribution in [3.05, 3.63) is 80.9 Å². The third kappa shape index (κ3) is 5.38. The number of nitrogens with zero attached hydrogens (tertiary/aromatic N) is 5. The molecule has 1 atom stereocenters. The van der Waals surface area contributed by atoms with E-state index >= 15 is 0 Å². The molecule has 0 aliphatic carbocycles. The van der Waals surface area contributed by atoms with Crippen molar-refractivity contribution in [2.45, 2.75) is 32.5 Å². The summed E-state index contributed by atoms with van der Waals surface area (Å²) in [4.78, 5) is 26.2. The second-order valence-electron chi connectivity index (χ2n) is 8.25. The number of hydrogen-bond acceptors (Lipinski definition) is 9. The first-order valence-electron chi connectivity index (χ1n) is 11.4. The molecule has 4 aromatic rings. The van der Waals surface area contributed by atoms with Crippen LogP contribution in [0.1, 0.15) is 36.3 Å². The van der Waals surface area contributed by atoms with Gasteiger partial charge in [0, 0.05) is 13.1 Å². The van der Waals surface area contributed by atoms with Crippen molar-refractivity contribution in [1.29, 1.82) is 5.26 Å². The minimum atomic E-state index is -0.515. The molecule has 0 fully saturated rings. The molecular weight excluding hydrogens is 478 g/mol. The number of fused-ring (bicyclic) bond motifs is 1. The van der Waals surface area contributed by atoms with E-state index in [4.69, 9.17) is 28.1 Å². The fourth-order valence-electron chi connectivity index (χ4n) is 3.96. The van der Waals surface area contributed by atoms with E-state index in [0.717, 1.165) is 6.54 Å². The number of aromatic nitrogens is 4. The Morgan fingerprint density at radius 3 is 2.64 bits per heavy atom. The molecule has 2 aromatic heterocycles. The fraction of sp³-hybridized carbons (Fsp3) is 0.240. The summed E-state index contributed by atoms with van der Waals surface area (Å²) in [5.74, 6) is 0.546. The van der Waals surface area contributed by atoms with Crippen LogP contribution in [0, 0.1) is 11.3 Å². The van der Waals surface area contributed by atoms with Crippen LogP contribution in [-0.4, -0.2) is 26.1 Å². The molecule has 36 heavy (non-hydrogen) atoms. The number of benzene rings is 2. The first kappa shape index (κ1) is 24.9. The standard InChI is InChI=1S/C25H26ClN9O/c1-15(31-22-17(13-27)21(28)33-25(29)34-22)23-32-19-10-5-9-18(26)20(19)24(36)35(23)12-6-11-30-14-16-7-3-2-4-8-16/h2-5,7-10,15,30H,6,11-12,14H2,1H3,(H5,28,29,31,33,34). The molecular formula is C25H26ClN9O. The van der Waals surface area contributed by atoms with E-state index in [-0.39, 0.29) is 28.7 Å². The quantitative estimate of drug-likeness (QED) is 0.251. The molecule has 0 aliphatic heterocycles. The minimum absolute atomic E-state index is 0.0279. The Labute approximate surface area is 213 Å². The molecule has 0 spiro atoms. The van der Waals surface area contributed by atoms with Crippen LogP contribution in [-0.2, 0) is 13.1 Å². The van der Waals surface area contributed by atoms with Gasteiger partial charge in [-0.15, -0.1) is 0 Å². The highest BCUT2D eigenvalue weighted by Gasteiger charge is 2.20. The summed E-state index contributed by atoms with van der Waals surface area (Å²) in [6.45, 7) is 3.66. The Balaban J connectivity index is 1.62. The zero-order valence-electron chi connectivity index (χ0n) is 19.7.